The first-order valence-corrected chi connectivity index (χ1v) is 6.77. The average molecular weight is 331 g/mol. The van der Waals surface area contributed by atoms with Gasteiger partial charge in [0, 0.05) is 13.0 Å². The molecule has 0 bridgehead atoms. The van der Waals surface area contributed by atoms with Crippen LogP contribution >= 0.6 is 15.9 Å². The van der Waals surface area contributed by atoms with Crippen molar-refractivity contribution < 1.29 is 14.3 Å². The quantitative estimate of drug-likeness (QED) is 0.713. The van der Waals surface area contributed by atoms with E-state index in [-0.39, 0.29) is 5.91 Å². The van der Waals surface area contributed by atoms with Gasteiger partial charge < -0.3 is 20.5 Å². The van der Waals surface area contributed by atoms with Crippen molar-refractivity contribution in [3.05, 3.63) is 22.2 Å². The molecule has 3 N–H and O–H groups in total. The van der Waals surface area contributed by atoms with Crippen molar-refractivity contribution in [1.82, 2.24) is 5.32 Å². The van der Waals surface area contributed by atoms with Crippen LogP contribution in [-0.2, 0) is 11.3 Å². The number of carbonyl (C=O) groups excluding carboxylic acids is 1. The lowest BCUT2D eigenvalue weighted by molar-refractivity contribution is -0.118. The second kappa shape index (κ2) is 8.01. The average Bonchev–Trinajstić information content (AvgIpc) is 2.37. The monoisotopic (exact) mass is 330 g/mol. The Balaban J connectivity index is 2.55. The van der Waals surface area contributed by atoms with Crippen molar-refractivity contribution in [2.75, 3.05) is 20.8 Å². The molecule has 0 heterocycles. The molecule has 0 aliphatic rings. The molecule has 0 fully saturated rings. The van der Waals surface area contributed by atoms with Crippen LogP contribution in [0.2, 0.25) is 0 Å². The zero-order valence-electron chi connectivity index (χ0n) is 11.2. The van der Waals surface area contributed by atoms with Crippen LogP contribution in [-0.4, -0.2) is 26.7 Å². The van der Waals surface area contributed by atoms with Crippen molar-refractivity contribution in [3.8, 4) is 11.5 Å². The second-order valence-electron chi connectivity index (χ2n) is 4.06. The van der Waals surface area contributed by atoms with Gasteiger partial charge in [0.15, 0.2) is 11.5 Å². The van der Waals surface area contributed by atoms with Gasteiger partial charge in [-0.2, -0.15) is 0 Å². The van der Waals surface area contributed by atoms with Crippen molar-refractivity contribution in [2.45, 2.75) is 19.4 Å². The molecule has 1 amide bonds. The summed E-state index contributed by atoms with van der Waals surface area (Å²) in [6.07, 6.45) is 1.15. The number of hydrogen-bond donors (Lipinski definition) is 2. The highest BCUT2D eigenvalue weighted by atomic mass is 79.9. The Kier molecular flexibility index (Phi) is 6.66. The summed E-state index contributed by atoms with van der Waals surface area (Å²) >= 11 is 3.45. The summed E-state index contributed by atoms with van der Waals surface area (Å²) < 4.78 is 11.4. The van der Waals surface area contributed by atoms with Gasteiger partial charge in [-0.3, -0.25) is 4.79 Å². The molecule has 0 atom stereocenters. The third-order valence-corrected chi connectivity index (χ3v) is 3.19. The second-order valence-corrected chi connectivity index (χ2v) is 4.91. The fourth-order valence-corrected chi connectivity index (χ4v) is 2.35. The van der Waals surface area contributed by atoms with Crippen LogP contribution in [0.4, 0.5) is 0 Å². The summed E-state index contributed by atoms with van der Waals surface area (Å²) in [7, 11) is 3.21. The van der Waals surface area contributed by atoms with Crippen molar-refractivity contribution in [3.63, 3.8) is 0 Å². The maximum absolute atomic E-state index is 10.6. The Morgan fingerprint density at radius 1 is 1.37 bits per heavy atom. The van der Waals surface area contributed by atoms with Crippen LogP contribution in [0.5, 0.6) is 11.5 Å². The van der Waals surface area contributed by atoms with E-state index in [2.05, 4.69) is 21.2 Å². The largest absolute Gasteiger partial charge is 0.493 e. The Morgan fingerprint density at radius 3 is 2.68 bits per heavy atom. The van der Waals surface area contributed by atoms with Crippen LogP contribution in [0.25, 0.3) is 0 Å². The molecule has 1 rings (SSSR count). The molecule has 1 aromatic carbocycles. The Bertz CT molecular complexity index is 438. The summed E-state index contributed by atoms with van der Waals surface area (Å²) in [6.45, 7) is 1.44. The number of rotatable bonds is 8. The fraction of sp³-hybridized carbons (Fsp3) is 0.462. The number of hydrogen-bond acceptors (Lipinski definition) is 4. The number of halogens is 1. The molecule has 1 aromatic rings. The van der Waals surface area contributed by atoms with Crippen molar-refractivity contribution >= 4 is 21.8 Å². The first-order chi connectivity index (χ1) is 9.08. The predicted octanol–water partition coefficient (Wildman–Crippen LogP) is 1.82. The molecule has 19 heavy (non-hydrogen) atoms. The molecular formula is C13H19BrN2O3. The smallest absolute Gasteiger partial charge is 0.217 e. The van der Waals surface area contributed by atoms with Gasteiger partial charge in [0.25, 0.3) is 0 Å². The zero-order valence-corrected chi connectivity index (χ0v) is 12.7. The Hall–Kier alpha value is -1.27. The fourth-order valence-electron chi connectivity index (χ4n) is 1.69. The number of carbonyl (C=O) groups is 1. The highest BCUT2D eigenvalue weighted by Gasteiger charge is 2.10. The molecule has 0 saturated carbocycles. The number of nitrogens with two attached hydrogens (primary N) is 1. The van der Waals surface area contributed by atoms with Crippen LogP contribution in [0.1, 0.15) is 18.4 Å². The van der Waals surface area contributed by atoms with Crippen LogP contribution < -0.4 is 20.5 Å². The van der Waals surface area contributed by atoms with E-state index >= 15 is 0 Å². The minimum atomic E-state index is -0.268. The highest BCUT2D eigenvalue weighted by molar-refractivity contribution is 9.10. The topological polar surface area (TPSA) is 73.6 Å². The van der Waals surface area contributed by atoms with Gasteiger partial charge in [0.1, 0.15) is 0 Å². The molecule has 0 aliphatic carbocycles. The van der Waals surface area contributed by atoms with Crippen molar-refractivity contribution in [2.24, 2.45) is 5.73 Å². The predicted molar refractivity (Wildman–Crippen MR) is 77.4 cm³/mol. The normalized spacial score (nSPS) is 10.3. The third kappa shape index (κ3) is 5.08. The van der Waals surface area contributed by atoms with E-state index in [1.165, 1.54) is 0 Å². The molecule has 106 valence electrons. The molecule has 0 spiro atoms. The molecule has 0 radical (unpaired) electrons. The van der Waals surface area contributed by atoms with Gasteiger partial charge in [-0.1, -0.05) is 0 Å². The lowest BCUT2D eigenvalue weighted by Crippen LogP contribution is -2.18. The standard InChI is InChI=1S/C13H19BrN2O3/c1-18-11-7-9(6-10(14)13(11)19-2)8-16-5-3-4-12(15)17/h6-7,16H,3-5,8H2,1-2H3,(H2,15,17). The molecule has 0 unspecified atom stereocenters. The van der Waals surface area contributed by atoms with E-state index < -0.39 is 0 Å². The summed E-state index contributed by atoms with van der Waals surface area (Å²) in [5, 5.41) is 3.25. The first kappa shape index (κ1) is 15.8. The minimum absolute atomic E-state index is 0.268. The van der Waals surface area contributed by atoms with Crippen LogP contribution in [0.15, 0.2) is 16.6 Å². The molecule has 5 nitrogen and oxygen atoms in total. The highest BCUT2D eigenvalue weighted by Crippen LogP contribution is 2.36. The first-order valence-electron chi connectivity index (χ1n) is 5.98. The van der Waals surface area contributed by atoms with Gasteiger partial charge in [0.2, 0.25) is 5.91 Å². The SMILES string of the molecule is COc1cc(CNCCCC(N)=O)cc(Br)c1OC. The number of nitrogens with one attached hydrogen (secondary N) is 1. The van der Waals surface area contributed by atoms with Crippen molar-refractivity contribution in [1.29, 1.82) is 0 Å². The zero-order chi connectivity index (χ0) is 14.3. The molecule has 6 heteroatoms. The molecular weight excluding hydrogens is 312 g/mol. The van der Waals surface area contributed by atoms with Crippen LogP contribution in [0, 0.1) is 0 Å². The van der Waals surface area contributed by atoms with Gasteiger partial charge in [0.05, 0.1) is 18.7 Å². The van der Waals surface area contributed by atoms with Crippen LogP contribution in [0.3, 0.4) is 0 Å². The van der Waals surface area contributed by atoms with Gasteiger partial charge >= 0.3 is 0 Å². The number of ether oxygens (including phenoxy) is 2. The molecule has 0 aromatic heterocycles. The summed E-state index contributed by atoms with van der Waals surface area (Å²) in [4.78, 5) is 10.6. The maximum Gasteiger partial charge on any atom is 0.217 e. The number of primary amides is 1. The third-order valence-electron chi connectivity index (χ3n) is 2.60. The number of methoxy groups -OCH3 is 2. The maximum atomic E-state index is 10.6. The van der Waals surface area contributed by atoms with E-state index in [4.69, 9.17) is 15.2 Å². The minimum Gasteiger partial charge on any atom is -0.493 e. The van der Waals surface area contributed by atoms with Gasteiger partial charge in [-0.25, -0.2) is 0 Å². The van der Waals surface area contributed by atoms with E-state index in [0.717, 1.165) is 23.0 Å². The molecule has 0 saturated heterocycles. The van der Waals surface area contributed by atoms with E-state index in [1.807, 2.05) is 12.1 Å². The number of benzene rings is 1. The van der Waals surface area contributed by atoms with E-state index in [1.54, 1.807) is 14.2 Å². The Labute approximate surface area is 121 Å². The van der Waals surface area contributed by atoms with E-state index in [9.17, 15) is 4.79 Å². The lowest BCUT2D eigenvalue weighted by Gasteiger charge is -2.12. The molecule has 0 aliphatic heterocycles. The summed E-state index contributed by atoms with van der Waals surface area (Å²) in [6, 6.07) is 3.90. The summed E-state index contributed by atoms with van der Waals surface area (Å²) in [5.41, 5.74) is 6.14. The Morgan fingerprint density at radius 2 is 2.11 bits per heavy atom. The summed E-state index contributed by atoms with van der Waals surface area (Å²) in [5.74, 6) is 1.10. The number of amides is 1. The van der Waals surface area contributed by atoms with Gasteiger partial charge in [-0.05, 0) is 46.6 Å². The van der Waals surface area contributed by atoms with Gasteiger partial charge in [-0.15, -0.1) is 0 Å². The van der Waals surface area contributed by atoms with E-state index in [0.29, 0.717) is 24.5 Å². The lowest BCUT2D eigenvalue weighted by atomic mass is 10.2.